The van der Waals surface area contributed by atoms with Gasteiger partial charge in [0, 0.05) is 19.6 Å². The summed E-state index contributed by atoms with van der Waals surface area (Å²) in [5.41, 5.74) is 6.98. The molecule has 1 aromatic rings. The molecule has 0 radical (unpaired) electrons. The number of nitrogens with zero attached hydrogens (tertiary/aromatic N) is 3. The van der Waals surface area contributed by atoms with Gasteiger partial charge in [-0.05, 0) is 24.2 Å². The number of nitrogens with two attached hydrogens (primary N) is 1. The molecule has 0 aliphatic heterocycles. The molecule has 1 aromatic heterocycles. The van der Waals surface area contributed by atoms with Gasteiger partial charge in [-0.3, -0.25) is 0 Å². The van der Waals surface area contributed by atoms with Crippen LogP contribution in [0.5, 0.6) is 0 Å². The molecule has 0 amide bonds. The van der Waals surface area contributed by atoms with Crippen LogP contribution in [0.25, 0.3) is 0 Å². The summed E-state index contributed by atoms with van der Waals surface area (Å²) in [5.74, 6) is 3.39. The molecule has 0 aromatic carbocycles. The van der Waals surface area contributed by atoms with E-state index in [1.807, 2.05) is 0 Å². The van der Waals surface area contributed by atoms with Gasteiger partial charge in [0.15, 0.2) is 11.6 Å². The zero-order valence-corrected chi connectivity index (χ0v) is 15.1. The molecule has 1 heterocycles. The molecule has 5 nitrogen and oxygen atoms in total. The van der Waals surface area contributed by atoms with E-state index in [0.717, 1.165) is 37.7 Å². The van der Waals surface area contributed by atoms with Crippen LogP contribution in [0, 0.1) is 17.8 Å². The number of rotatable bonds is 9. The third-order valence-corrected chi connectivity index (χ3v) is 3.35. The maximum atomic E-state index is 6.32. The first kappa shape index (κ1) is 18.5. The van der Waals surface area contributed by atoms with Crippen molar-refractivity contribution in [2.24, 2.45) is 17.8 Å². The van der Waals surface area contributed by atoms with Crippen molar-refractivity contribution >= 4 is 17.3 Å². The molecular weight excluding hydrogens is 274 g/mol. The molecule has 1 rings (SSSR count). The highest BCUT2D eigenvalue weighted by atomic mass is 15.2. The molecule has 0 aliphatic carbocycles. The molecule has 0 unspecified atom stereocenters. The van der Waals surface area contributed by atoms with Gasteiger partial charge in [-0.25, -0.2) is 9.97 Å². The van der Waals surface area contributed by atoms with Gasteiger partial charge in [0.2, 0.25) is 0 Å². The Morgan fingerprint density at radius 2 is 1.59 bits per heavy atom. The van der Waals surface area contributed by atoms with Crippen LogP contribution >= 0.6 is 0 Å². The predicted octanol–water partition coefficient (Wildman–Crippen LogP) is 3.64. The van der Waals surface area contributed by atoms with E-state index >= 15 is 0 Å². The fraction of sp³-hybridized carbons (Fsp3) is 0.765. The Bertz CT molecular complexity index is 433. The second-order valence-electron chi connectivity index (χ2n) is 7.26. The Morgan fingerprint density at radius 3 is 2.09 bits per heavy atom. The van der Waals surface area contributed by atoms with E-state index in [1.54, 1.807) is 6.33 Å². The number of aromatic nitrogens is 2. The van der Waals surface area contributed by atoms with Crippen LogP contribution in [-0.4, -0.2) is 29.6 Å². The Morgan fingerprint density at radius 1 is 1.00 bits per heavy atom. The average Bonchev–Trinajstić information content (AvgIpc) is 2.38. The molecule has 0 aliphatic rings. The fourth-order valence-corrected chi connectivity index (χ4v) is 2.39. The van der Waals surface area contributed by atoms with Gasteiger partial charge in [-0.2, -0.15) is 0 Å². The standard InChI is InChI=1S/C17H33N5/c1-12(2)7-8-19-16-15(18)17(21-11-20-16)22(9-13(3)4)10-14(5)6/h11-14H,7-10,18H2,1-6H3,(H,19,20,21). The lowest BCUT2D eigenvalue weighted by Crippen LogP contribution is -2.33. The lowest BCUT2D eigenvalue weighted by Gasteiger charge is -2.28. The zero-order chi connectivity index (χ0) is 16.7. The molecule has 0 bridgehead atoms. The molecule has 22 heavy (non-hydrogen) atoms. The van der Waals surface area contributed by atoms with Gasteiger partial charge in [-0.15, -0.1) is 0 Å². The van der Waals surface area contributed by atoms with Crippen molar-refractivity contribution in [1.82, 2.24) is 9.97 Å². The van der Waals surface area contributed by atoms with Crippen LogP contribution in [0.4, 0.5) is 17.3 Å². The molecule has 5 heteroatoms. The Kier molecular flexibility index (Phi) is 7.42. The van der Waals surface area contributed by atoms with Gasteiger partial charge in [0.25, 0.3) is 0 Å². The van der Waals surface area contributed by atoms with Gasteiger partial charge in [0.05, 0.1) is 0 Å². The molecule has 0 saturated carbocycles. The Balaban J connectivity index is 2.91. The average molecular weight is 307 g/mol. The topological polar surface area (TPSA) is 67.1 Å². The van der Waals surface area contributed by atoms with Crippen LogP contribution in [0.1, 0.15) is 48.0 Å². The third kappa shape index (κ3) is 6.08. The third-order valence-electron chi connectivity index (χ3n) is 3.35. The highest BCUT2D eigenvalue weighted by Gasteiger charge is 2.17. The quantitative estimate of drug-likeness (QED) is 0.729. The molecule has 0 atom stereocenters. The summed E-state index contributed by atoms with van der Waals surface area (Å²) in [4.78, 5) is 11.0. The molecular formula is C17H33N5. The number of hydrogen-bond donors (Lipinski definition) is 2. The van der Waals surface area contributed by atoms with Crippen molar-refractivity contribution in [1.29, 1.82) is 0 Å². The van der Waals surface area contributed by atoms with Crippen molar-refractivity contribution in [3.05, 3.63) is 6.33 Å². The minimum Gasteiger partial charge on any atom is -0.393 e. The maximum Gasteiger partial charge on any atom is 0.157 e. The smallest absolute Gasteiger partial charge is 0.157 e. The van der Waals surface area contributed by atoms with E-state index in [9.17, 15) is 0 Å². The monoisotopic (exact) mass is 307 g/mol. The van der Waals surface area contributed by atoms with Gasteiger partial charge in [0.1, 0.15) is 12.0 Å². The second kappa shape index (κ2) is 8.81. The van der Waals surface area contributed by atoms with Gasteiger partial charge >= 0.3 is 0 Å². The predicted molar refractivity (Wildman–Crippen MR) is 96.3 cm³/mol. The maximum absolute atomic E-state index is 6.32. The summed E-state index contributed by atoms with van der Waals surface area (Å²) in [6.07, 6.45) is 2.71. The van der Waals surface area contributed by atoms with Crippen molar-refractivity contribution < 1.29 is 0 Å². The number of nitrogens with one attached hydrogen (secondary N) is 1. The van der Waals surface area contributed by atoms with Crippen molar-refractivity contribution in [2.45, 2.75) is 48.0 Å². The largest absolute Gasteiger partial charge is 0.393 e. The van der Waals surface area contributed by atoms with E-state index < -0.39 is 0 Å². The number of anilines is 3. The zero-order valence-electron chi connectivity index (χ0n) is 15.1. The summed E-state index contributed by atoms with van der Waals surface area (Å²) in [6.45, 7) is 16.1. The molecule has 0 saturated heterocycles. The minimum absolute atomic E-state index is 0.561. The number of hydrogen-bond acceptors (Lipinski definition) is 5. The first-order chi connectivity index (χ1) is 10.3. The summed E-state index contributed by atoms with van der Waals surface area (Å²) >= 11 is 0. The van der Waals surface area contributed by atoms with E-state index in [0.29, 0.717) is 23.4 Å². The summed E-state index contributed by atoms with van der Waals surface area (Å²) in [7, 11) is 0. The molecule has 0 spiro atoms. The second-order valence-corrected chi connectivity index (χ2v) is 7.26. The van der Waals surface area contributed by atoms with Crippen LogP contribution < -0.4 is 16.0 Å². The molecule has 126 valence electrons. The van der Waals surface area contributed by atoms with E-state index in [4.69, 9.17) is 5.73 Å². The SMILES string of the molecule is CC(C)CCNc1ncnc(N(CC(C)C)CC(C)C)c1N. The van der Waals surface area contributed by atoms with Crippen molar-refractivity contribution in [3.63, 3.8) is 0 Å². The summed E-state index contributed by atoms with van der Waals surface area (Å²) < 4.78 is 0. The van der Waals surface area contributed by atoms with Crippen LogP contribution in [0.15, 0.2) is 6.33 Å². The fourth-order valence-electron chi connectivity index (χ4n) is 2.39. The van der Waals surface area contributed by atoms with E-state index in [1.165, 1.54) is 0 Å². The van der Waals surface area contributed by atoms with Crippen LogP contribution in [0.2, 0.25) is 0 Å². The summed E-state index contributed by atoms with van der Waals surface area (Å²) in [5, 5.41) is 3.34. The number of nitrogen functional groups attached to an aromatic ring is 1. The highest BCUT2D eigenvalue weighted by Crippen LogP contribution is 2.27. The minimum atomic E-state index is 0.561. The van der Waals surface area contributed by atoms with Crippen molar-refractivity contribution in [3.8, 4) is 0 Å². The van der Waals surface area contributed by atoms with Crippen molar-refractivity contribution in [2.75, 3.05) is 35.6 Å². The summed E-state index contributed by atoms with van der Waals surface area (Å²) in [6, 6.07) is 0. The molecule has 0 fully saturated rings. The van der Waals surface area contributed by atoms with Crippen LogP contribution in [-0.2, 0) is 0 Å². The molecule has 3 N–H and O–H groups in total. The Hall–Kier alpha value is -1.52. The van der Waals surface area contributed by atoms with Gasteiger partial charge < -0.3 is 16.0 Å². The lowest BCUT2D eigenvalue weighted by atomic mass is 10.1. The van der Waals surface area contributed by atoms with E-state index in [-0.39, 0.29) is 0 Å². The van der Waals surface area contributed by atoms with Gasteiger partial charge in [-0.1, -0.05) is 41.5 Å². The Labute approximate surface area is 135 Å². The first-order valence-corrected chi connectivity index (χ1v) is 8.40. The first-order valence-electron chi connectivity index (χ1n) is 8.40. The highest BCUT2D eigenvalue weighted by molar-refractivity contribution is 5.74. The van der Waals surface area contributed by atoms with Crippen LogP contribution in [0.3, 0.4) is 0 Å². The normalized spacial score (nSPS) is 11.5. The lowest BCUT2D eigenvalue weighted by molar-refractivity contribution is 0.549. The van der Waals surface area contributed by atoms with E-state index in [2.05, 4.69) is 61.7 Å².